The molecular formula is C11H6O5. The van der Waals surface area contributed by atoms with Crippen LogP contribution in [0, 0.1) is 6.92 Å². The van der Waals surface area contributed by atoms with Crippen LogP contribution in [0.2, 0.25) is 0 Å². The van der Waals surface area contributed by atoms with Crippen molar-refractivity contribution in [3.63, 3.8) is 0 Å². The first-order valence-corrected chi connectivity index (χ1v) is 4.61. The Bertz CT molecular complexity index is 802. The second-order valence-corrected chi connectivity index (χ2v) is 3.44. The second kappa shape index (κ2) is 2.85. The highest BCUT2D eigenvalue weighted by atomic mass is 16.4. The van der Waals surface area contributed by atoms with Crippen LogP contribution in [0.3, 0.4) is 0 Å². The van der Waals surface area contributed by atoms with Crippen LogP contribution in [-0.2, 0) is 0 Å². The van der Waals surface area contributed by atoms with E-state index in [-0.39, 0.29) is 21.9 Å². The predicted molar refractivity (Wildman–Crippen MR) is 55.5 cm³/mol. The van der Waals surface area contributed by atoms with Crippen molar-refractivity contribution in [2.45, 2.75) is 6.92 Å². The van der Waals surface area contributed by atoms with Crippen molar-refractivity contribution in [2.24, 2.45) is 0 Å². The zero-order chi connectivity index (χ0) is 11.3. The number of fused-ring (bicyclic) bond motifs is 3. The zero-order valence-corrected chi connectivity index (χ0v) is 8.27. The van der Waals surface area contributed by atoms with E-state index in [1.54, 1.807) is 6.92 Å². The first-order valence-electron chi connectivity index (χ1n) is 4.61. The SMILES string of the molecule is Cc1cc2c(=O)oc(=O)c3ccoc3c2o1. The smallest absolute Gasteiger partial charge is 0.350 e. The van der Waals surface area contributed by atoms with Crippen LogP contribution in [0.25, 0.3) is 21.9 Å². The Kier molecular flexibility index (Phi) is 1.60. The molecular weight excluding hydrogens is 212 g/mol. The molecule has 0 aliphatic carbocycles. The van der Waals surface area contributed by atoms with Crippen molar-refractivity contribution in [1.29, 1.82) is 0 Å². The highest BCUT2D eigenvalue weighted by Crippen LogP contribution is 2.23. The minimum Gasteiger partial charge on any atom is -0.460 e. The molecule has 0 atom stereocenters. The monoisotopic (exact) mass is 218 g/mol. The van der Waals surface area contributed by atoms with Crippen LogP contribution < -0.4 is 11.3 Å². The van der Waals surface area contributed by atoms with E-state index in [9.17, 15) is 9.59 Å². The molecule has 0 unspecified atom stereocenters. The molecule has 3 aromatic heterocycles. The fourth-order valence-electron chi connectivity index (χ4n) is 1.67. The lowest BCUT2D eigenvalue weighted by Gasteiger charge is -1.80. The van der Waals surface area contributed by atoms with Crippen molar-refractivity contribution in [3.8, 4) is 0 Å². The molecule has 0 N–H and O–H groups in total. The Hall–Kier alpha value is -2.30. The molecule has 0 saturated carbocycles. The maximum atomic E-state index is 11.6. The average Bonchev–Trinajstić information content (AvgIpc) is 2.80. The molecule has 0 bridgehead atoms. The highest BCUT2D eigenvalue weighted by Gasteiger charge is 2.13. The lowest BCUT2D eigenvalue weighted by molar-refractivity contribution is 0.491. The minimum absolute atomic E-state index is 0.196. The molecule has 0 amide bonds. The molecule has 0 aliphatic rings. The molecule has 3 rings (SSSR count). The molecule has 0 radical (unpaired) electrons. The first kappa shape index (κ1) is 8.96. The van der Waals surface area contributed by atoms with E-state index in [2.05, 4.69) is 4.42 Å². The van der Waals surface area contributed by atoms with Gasteiger partial charge in [-0.25, -0.2) is 9.59 Å². The van der Waals surface area contributed by atoms with Crippen molar-refractivity contribution >= 4 is 21.9 Å². The molecule has 3 heterocycles. The van der Waals surface area contributed by atoms with Gasteiger partial charge in [0.05, 0.1) is 6.26 Å². The van der Waals surface area contributed by atoms with Gasteiger partial charge in [0.15, 0.2) is 11.2 Å². The van der Waals surface area contributed by atoms with Crippen LogP contribution in [0.15, 0.2) is 41.2 Å². The van der Waals surface area contributed by atoms with E-state index >= 15 is 0 Å². The van der Waals surface area contributed by atoms with E-state index in [0.29, 0.717) is 5.76 Å². The molecule has 5 heteroatoms. The summed E-state index contributed by atoms with van der Waals surface area (Å²) in [5.74, 6) is 0.554. The first-order chi connectivity index (χ1) is 7.66. The summed E-state index contributed by atoms with van der Waals surface area (Å²) in [5.41, 5.74) is -0.964. The highest BCUT2D eigenvalue weighted by molar-refractivity contribution is 5.97. The van der Waals surface area contributed by atoms with Crippen LogP contribution in [0.1, 0.15) is 5.76 Å². The van der Waals surface area contributed by atoms with Crippen LogP contribution >= 0.6 is 0 Å². The van der Waals surface area contributed by atoms with Gasteiger partial charge in [-0.05, 0) is 19.1 Å². The number of hydrogen-bond donors (Lipinski definition) is 0. The van der Waals surface area contributed by atoms with Gasteiger partial charge >= 0.3 is 11.3 Å². The average molecular weight is 218 g/mol. The summed E-state index contributed by atoms with van der Waals surface area (Å²) in [6.07, 6.45) is 1.35. The van der Waals surface area contributed by atoms with E-state index < -0.39 is 11.3 Å². The molecule has 0 aromatic carbocycles. The normalized spacial score (nSPS) is 11.3. The summed E-state index contributed by atoms with van der Waals surface area (Å²) >= 11 is 0. The molecule has 5 nitrogen and oxygen atoms in total. The van der Waals surface area contributed by atoms with Crippen LogP contribution in [-0.4, -0.2) is 0 Å². The summed E-state index contributed by atoms with van der Waals surface area (Å²) in [6, 6.07) is 2.96. The fourth-order valence-corrected chi connectivity index (χ4v) is 1.67. The number of furan rings is 2. The Balaban J connectivity index is 2.81. The molecule has 0 saturated heterocycles. The Morgan fingerprint density at radius 2 is 1.75 bits per heavy atom. The Morgan fingerprint density at radius 1 is 1.00 bits per heavy atom. The standard InChI is InChI=1S/C11H6O5/c1-5-4-7-9(15-5)8-6(2-3-14-8)10(12)16-11(7)13/h2-4H,1H3. The van der Waals surface area contributed by atoms with Gasteiger partial charge in [-0.2, -0.15) is 0 Å². The fraction of sp³-hybridized carbons (Fsp3) is 0.0909. The quantitative estimate of drug-likeness (QED) is 0.575. The van der Waals surface area contributed by atoms with Gasteiger partial charge in [0.2, 0.25) is 0 Å². The van der Waals surface area contributed by atoms with Crippen LogP contribution in [0.4, 0.5) is 0 Å². The third-order valence-corrected chi connectivity index (χ3v) is 2.35. The number of rotatable bonds is 0. The van der Waals surface area contributed by atoms with Gasteiger partial charge in [0.25, 0.3) is 0 Å². The summed E-state index contributed by atoms with van der Waals surface area (Å²) < 4.78 is 15.1. The maximum Gasteiger partial charge on any atom is 0.350 e. The molecule has 16 heavy (non-hydrogen) atoms. The lowest BCUT2D eigenvalue weighted by Crippen LogP contribution is -2.03. The summed E-state index contributed by atoms with van der Waals surface area (Å²) in [4.78, 5) is 23.0. The lowest BCUT2D eigenvalue weighted by atomic mass is 10.3. The van der Waals surface area contributed by atoms with Crippen molar-refractivity contribution < 1.29 is 13.3 Å². The molecule has 0 fully saturated rings. The third kappa shape index (κ3) is 1.05. The van der Waals surface area contributed by atoms with Gasteiger partial charge in [-0.15, -0.1) is 0 Å². The maximum absolute atomic E-state index is 11.6. The van der Waals surface area contributed by atoms with Gasteiger partial charge in [0.1, 0.15) is 16.5 Å². The van der Waals surface area contributed by atoms with Crippen molar-refractivity contribution in [3.05, 3.63) is 45.0 Å². The Morgan fingerprint density at radius 3 is 2.56 bits per heavy atom. The largest absolute Gasteiger partial charge is 0.460 e. The summed E-state index contributed by atoms with van der Waals surface area (Å²) in [7, 11) is 0. The molecule has 80 valence electrons. The Labute approximate surface area is 87.9 Å². The number of hydrogen-bond acceptors (Lipinski definition) is 5. The molecule has 3 aromatic rings. The summed E-state index contributed by atoms with van der Waals surface area (Å²) in [5, 5.41) is 0.404. The van der Waals surface area contributed by atoms with Crippen molar-refractivity contribution in [1.82, 2.24) is 0 Å². The van der Waals surface area contributed by atoms with E-state index in [1.807, 2.05) is 0 Å². The third-order valence-electron chi connectivity index (χ3n) is 2.35. The second-order valence-electron chi connectivity index (χ2n) is 3.44. The van der Waals surface area contributed by atoms with Gasteiger partial charge in [-0.1, -0.05) is 0 Å². The zero-order valence-electron chi connectivity index (χ0n) is 8.27. The summed E-state index contributed by atoms with van der Waals surface area (Å²) in [6.45, 7) is 1.70. The van der Waals surface area contributed by atoms with Gasteiger partial charge in [0, 0.05) is 0 Å². The van der Waals surface area contributed by atoms with Gasteiger partial charge in [-0.3, -0.25) is 0 Å². The number of aryl methyl sites for hydroxylation is 1. The predicted octanol–water partition coefficient (Wildman–Crippen LogP) is 1.80. The van der Waals surface area contributed by atoms with E-state index in [0.717, 1.165) is 0 Å². The van der Waals surface area contributed by atoms with Crippen LogP contribution in [0.5, 0.6) is 0 Å². The van der Waals surface area contributed by atoms with Crippen molar-refractivity contribution in [2.75, 3.05) is 0 Å². The topological polar surface area (TPSA) is 73.6 Å². The van der Waals surface area contributed by atoms with E-state index in [4.69, 9.17) is 8.83 Å². The molecule has 0 spiro atoms. The van der Waals surface area contributed by atoms with Gasteiger partial charge < -0.3 is 13.3 Å². The molecule has 0 aliphatic heterocycles. The minimum atomic E-state index is -0.724. The van der Waals surface area contributed by atoms with E-state index in [1.165, 1.54) is 18.4 Å².